The molecule has 0 aliphatic carbocycles. The maximum atomic E-state index is 4.64. The fourth-order valence-electron chi connectivity index (χ4n) is 2.78. The summed E-state index contributed by atoms with van der Waals surface area (Å²) in [5, 5.41) is 8.27. The molecule has 3 nitrogen and oxygen atoms in total. The number of hydrogen-bond donors (Lipinski definition) is 1. The molecule has 0 bridgehead atoms. The number of aromatic nitrogens is 2. The van der Waals surface area contributed by atoms with Crippen LogP contribution in [0.2, 0.25) is 0 Å². The van der Waals surface area contributed by atoms with Gasteiger partial charge in [0, 0.05) is 13.1 Å². The van der Waals surface area contributed by atoms with Gasteiger partial charge < -0.3 is 5.32 Å². The van der Waals surface area contributed by atoms with E-state index < -0.39 is 0 Å². The van der Waals surface area contributed by atoms with E-state index in [2.05, 4.69) is 72.6 Å². The van der Waals surface area contributed by atoms with Crippen LogP contribution in [0.25, 0.3) is 0 Å². The molecule has 0 atom stereocenters. The second kappa shape index (κ2) is 8.18. The van der Waals surface area contributed by atoms with Gasteiger partial charge in [0.15, 0.2) is 0 Å². The van der Waals surface area contributed by atoms with Gasteiger partial charge in [0.1, 0.15) is 0 Å². The summed E-state index contributed by atoms with van der Waals surface area (Å²) in [5.74, 6) is 2.15. The van der Waals surface area contributed by atoms with Gasteiger partial charge >= 0.3 is 0 Å². The Morgan fingerprint density at radius 3 is 2.20 bits per heavy atom. The number of nitrogens with zero attached hydrogens (tertiary/aromatic N) is 2. The van der Waals surface area contributed by atoms with Gasteiger partial charge in [-0.1, -0.05) is 34.6 Å². The first-order chi connectivity index (χ1) is 9.42. The molecular weight excluding hydrogens is 314 g/mol. The van der Waals surface area contributed by atoms with Gasteiger partial charge in [-0.05, 0) is 53.6 Å². The summed E-state index contributed by atoms with van der Waals surface area (Å²) >= 11 is 3.70. The van der Waals surface area contributed by atoms with Crippen LogP contribution < -0.4 is 5.32 Å². The van der Waals surface area contributed by atoms with Crippen molar-refractivity contribution in [2.45, 2.75) is 61.1 Å². The van der Waals surface area contributed by atoms with Crippen molar-refractivity contribution in [1.29, 1.82) is 0 Å². The summed E-state index contributed by atoms with van der Waals surface area (Å²) in [6, 6.07) is 0. The molecule has 0 aromatic carbocycles. The Morgan fingerprint density at radius 2 is 1.75 bits per heavy atom. The van der Waals surface area contributed by atoms with Gasteiger partial charge in [0.2, 0.25) is 0 Å². The van der Waals surface area contributed by atoms with E-state index in [1.807, 2.05) is 0 Å². The zero-order chi connectivity index (χ0) is 15.3. The fourth-order valence-corrected chi connectivity index (χ4v) is 3.49. The monoisotopic (exact) mass is 343 g/mol. The van der Waals surface area contributed by atoms with Crippen molar-refractivity contribution in [2.24, 2.45) is 17.8 Å². The molecule has 20 heavy (non-hydrogen) atoms. The van der Waals surface area contributed by atoms with Crippen LogP contribution in [0.3, 0.4) is 0 Å². The van der Waals surface area contributed by atoms with Gasteiger partial charge in [-0.15, -0.1) is 0 Å². The summed E-state index contributed by atoms with van der Waals surface area (Å²) < 4.78 is 3.29. The Labute approximate surface area is 132 Å². The molecule has 0 unspecified atom stereocenters. The van der Waals surface area contributed by atoms with Crippen molar-refractivity contribution in [2.75, 3.05) is 6.54 Å². The Balaban J connectivity index is 2.68. The van der Waals surface area contributed by atoms with Crippen LogP contribution in [0.15, 0.2) is 4.47 Å². The quantitative estimate of drug-likeness (QED) is 0.764. The first-order valence-corrected chi connectivity index (χ1v) is 8.66. The third-order valence-electron chi connectivity index (χ3n) is 4.08. The predicted molar refractivity (Wildman–Crippen MR) is 89.9 cm³/mol. The molecule has 0 aliphatic heterocycles. The Bertz CT molecular complexity index is 402. The highest BCUT2D eigenvalue weighted by molar-refractivity contribution is 9.10. The molecule has 0 aliphatic rings. The summed E-state index contributed by atoms with van der Waals surface area (Å²) in [5.41, 5.74) is 2.43. The summed E-state index contributed by atoms with van der Waals surface area (Å²) in [4.78, 5) is 0. The van der Waals surface area contributed by atoms with E-state index in [-0.39, 0.29) is 0 Å². The molecule has 1 N–H and O–H groups in total. The largest absolute Gasteiger partial charge is 0.311 e. The van der Waals surface area contributed by atoms with Gasteiger partial charge in [-0.25, -0.2) is 0 Å². The maximum absolute atomic E-state index is 4.64. The molecule has 0 amide bonds. The fraction of sp³-hybridized carbons (Fsp3) is 0.812. The Hall–Kier alpha value is -0.350. The number of nitrogens with one attached hydrogen (secondary N) is 1. The minimum atomic E-state index is 0.716. The van der Waals surface area contributed by atoms with Crippen LogP contribution in [0.1, 0.15) is 52.9 Å². The molecule has 4 heteroatoms. The Kier molecular flexibility index (Phi) is 7.24. The lowest BCUT2D eigenvalue weighted by Gasteiger charge is -2.25. The van der Waals surface area contributed by atoms with Gasteiger partial charge in [-0.3, -0.25) is 4.68 Å². The standard InChI is InChI=1S/C16H30BrN3/c1-7-14-16(17)15(20(8-2)19-14)10-18-9-13(11(3)4)12(5)6/h11-13,18H,7-10H2,1-6H3. The van der Waals surface area contributed by atoms with Crippen molar-refractivity contribution in [1.82, 2.24) is 15.1 Å². The normalized spacial score (nSPS) is 12.1. The molecule has 0 spiro atoms. The molecule has 1 aromatic heterocycles. The topological polar surface area (TPSA) is 29.9 Å². The highest BCUT2D eigenvalue weighted by Crippen LogP contribution is 2.23. The van der Waals surface area contributed by atoms with Crippen LogP contribution in [-0.4, -0.2) is 16.3 Å². The SMILES string of the molecule is CCc1nn(CC)c(CNCC(C(C)C)C(C)C)c1Br. The maximum Gasteiger partial charge on any atom is 0.0767 e. The van der Waals surface area contributed by atoms with Gasteiger partial charge in [-0.2, -0.15) is 5.10 Å². The van der Waals surface area contributed by atoms with Crippen LogP contribution in [0.4, 0.5) is 0 Å². The van der Waals surface area contributed by atoms with E-state index in [9.17, 15) is 0 Å². The molecule has 1 rings (SSSR count). The number of hydrogen-bond acceptors (Lipinski definition) is 2. The molecule has 0 saturated carbocycles. The Morgan fingerprint density at radius 1 is 1.15 bits per heavy atom. The third kappa shape index (κ3) is 4.32. The van der Waals surface area contributed by atoms with Crippen molar-refractivity contribution >= 4 is 15.9 Å². The predicted octanol–water partition coefficient (Wildman–Crippen LogP) is 4.25. The number of rotatable bonds is 8. The second-order valence-electron chi connectivity index (χ2n) is 6.16. The third-order valence-corrected chi connectivity index (χ3v) is 4.99. The van der Waals surface area contributed by atoms with E-state index in [0.717, 1.165) is 37.7 Å². The van der Waals surface area contributed by atoms with Gasteiger partial charge in [0.25, 0.3) is 0 Å². The number of aryl methyl sites for hydroxylation is 2. The minimum Gasteiger partial charge on any atom is -0.311 e. The summed E-state index contributed by atoms with van der Waals surface area (Å²) in [6.45, 7) is 16.4. The van der Waals surface area contributed by atoms with Crippen molar-refractivity contribution < 1.29 is 0 Å². The van der Waals surface area contributed by atoms with E-state index in [0.29, 0.717) is 11.8 Å². The molecule has 0 radical (unpaired) electrons. The lowest BCUT2D eigenvalue weighted by Crippen LogP contribution is -2.30. The number of halogens is 1. The highest BCUT2D eigenvalue weighted by Gasteiger charge is 2.18. The van der Waals surface area contributed by atoms with Crippen molar-refractivity contribution in [3.63, 3.8) is 0 Å². The summed E-state index contributed by atoms with van der Waals surface area (Å²) in [6.07, 6.45) is 0.973. The first kappa shape index (κ1) is 17.7. The minimum absolute atomic E-state index is 0.716. The zero-order valence-electron chi connectivity index (χ0n) is 13.8. The average molecular weight is 344 g/mol. The molecule has 0 fully saturated rings. The average Bonchev–Trinajstić information content (AvgIpc) is 2.70. The van der Waals surface area contributed by atoms with Crippen LogP contribution in [0, 0.1) is 17.8 Å². The van der Waals surface area contributed by atoms with E-state index in [4.69, 9.17) is 0 Å². The highest BCUT2D eigenvalue weighted by atomic mass is 79.9. The van der Waals surface area contributed by atoms with Crippen molar-refractivity contribution in [3.8, 4) is 0 Å². The van der Waals surface area contributed by atoms with E-state index in [1.165, 1.54) is 10.2 Å². The van der Waals surface area contributed by atoms with Gasteiger partial charge in [0.05, 0.1) is 15.9 Å². The smallest absolute Gasteiger partial charge is 0.0767 e. The van der Waals surface area contributed by atoms with Crippen LogP contribution >= 0.6 is 15.9 Å². The molecule has 1 heterocycles. The molecule has 116 valence electrons. The molecule has 0 saturated heterocycles. The lowest BCUT2D eigenvalue weighted by atomic mass is 9.85. The first-order valence-electron chi connectivity index (χ1n) is 7.87. The molecular formula is C16H30BrN3. The van der Waals surface area contributed by atoms with Crippen LogP contribution in [-0.2, 0) is 19.5 Å². The van der Waals surface area contributed by atoms with Crippen molar-refractivity contribution in [3.05, 3.63) is 15.9 Å². The summed E-state index contributed by atoms with van der Waals surface area (Å²) in [7, 11) is 0. The van der Waals surface area contributed by atoms with Crippen LogP contribution in [0.5, 0.6) is 0 Å². The second-order valence-corrected chi connectivity index (χ2v) is 6.95. The van der Waals surface area contributed by atoms with E-state index >= 15 is 0 Å². The van der Waals surface area contributed by atoms with E-state index in [1.54, 1.807) is 0 Å². The lowest BCUT2D eigenvalue weighted by molar-refractivity contribution is 0.274. The zero-order valence-corrected chi connectivity index (χ0v) is 15.4. The molecule has 1 aromatic rings.